The van der Waals surface area contributed by atoms with Gasteiger partial charge in [-0.25, -0.2) is 4.98 Å². The molecule has 0 atom stereocenters. The molecule has 1 rings (SSSR count). The highest BCUT2D eigenvalue weighted by Gasteiger charge is 2.08. The second kappa shape index (κ2) is 4.69. The molecule has 0 aromatic carbocycles. The molecule has 74 valence electrons. The Hall–Kier alpha value is -0.450. The van der Waals surface area contributed by atoms with Crippen molar-refractivity contribution in [2.45, 2.75) is 25.8 Å². The molecule has 0 amide bonds. The highest BCUT2D eigenvalue weighted by atomic mass is 32.1. The molecule has 1 aromatic rings. The Balaban J connectivity index is 2.09. The van der Waals surface area contributed by atoms with Crippen LogP contribution in [0.3, 0.4) is 0 Å². The first-order valence-electron chi connectivity index (χ1n) is 4.46. The number of nitrogens with one attached hydrogen (secondary N) is 1. The van der Waals surface area contributed by atoms with Crippen LogP contribution in [0.1, 0.15) is 18.9 Å². The van der Waals surface area contributed by atoms with E-state index in [0.717, 1.165) is 19.5 Å². The summed E-state index contributed by atoms with van der Waals surface area (Å²) in [7, 11) is 0. The van der Waals surface area contributed by atoms with Gasteiger partial charge in [-0.05, 0) is 13.8 Å². The van der Waals surface area contributed by atoms with Crippen LogP contribution < -0.4 is 11.1 Å². The molecule has 3 nitrogen and oxygen atoms in total. The van der Waals surface area contributed by atoms with E-state index in [9.17, 15) is 0 Å². The van der Waals surface area contributed by atoms with E-state index in [-0.39, 0.29) is 5.54 Å². The van der Waals surface area contributed by atoms with Crippen LogP contribution in [0.5, 0.6) is 0 Å². The van der Waals surface area contributed by atoms with Crippen molar-refractivity contribution in [2.75, 3.05) is 13.1 Å². The van der Waals surface area contributed by atoms with Gasteiger partial charge in [0.15, 0.2) is 0 Å². The first-order valence-corrected chi connectivity index (χ1v) is 5.34. The van der Waals surface area contributed by atoms with Crippen molar-refractivity contribution >= 4 is 11.3 Å². The fourth-order valence-corrected chi connectivity index (χ4v) is 1.60. The van der Waals surface area contributed by atoms with Crippen molar-refractivity contribution in [3.8, 4) is 0 Å². The Kier molecular flexibility index (Phi) is 3.84. The number of hydrogen-bond acceptors (Lipinski definition) is 4. The van der Waals surface area contributed by atoms with Gasteiger partial charge in [-0.3, -0.25) is 0 Å². The van der Waals surface area contributed by atoms with E-state index >= 15 is 0 Å². The summed E-state index contributed by atoms with van der Waals surface area (Å²) in [5.74, 6) is 0. The lowest BCUT2D eigenvalue weighted by Crippen LogP contribution is -2.43. The molecular formula is C9H17N3S. The van der Waals surface area contributed by atoms with Gasteiger partial charge in [0, 0.05) is 36.6 Å². The van der Waals surface area contributed by atoms with Gasteiger partial charge in [-0.1, -0.05) is 0 Å². The average Bonchev–Trinajstić information content (AvgIpc) is 2.48. The maximum atomic E-state index is 5.82. The minimum Gasteiger partial charge on any atom is -0.324 e. The fraction of sp³-hybridized carbons (Fsp3) is 0.667. The molecule has 0 unspecified atom stereocenters. The second-order valence-electron chi connectivity index (χ2n) is 3.84. The third-order valence-corrected chi connectivity index (χ3v) is 2.42. The quantitative estimate of drug-likeness (QED) is 0.696. The van der Waals surface area contributed by atoms with Gasteiger partial charge < -0.3 is 11.1 Å². The predicted octanol–water partition coefficient (Wildman–Crippen LogP) is 1.01. The normalized spacial score (nSPS) is 11.9. The van der Waals surface area contributed by atoms with E-state index < -0.39 is 0 Å². The van der Waals surface area contributed by atoms with Gasteiger partial charge in [-0.2, -0.15) is 0 Å². The number of rotatable bonds is 5. The number of aromatic nitrogens is 1. The maximum absolute atomic E-state index is 5.82. The smallest absolute Gasteiger partial charge is 0.0937 e. The number of hydrogen-bond donors (Lipinski definition) is 2. The number of nitrogens with two attached hydrogens (primary N) is 1. The Morgan fingerprint density at radius 1 is 1.62 bits per heavy atom. The SMILES string of the molecule is CC(C)(N)CNCCc1nccs1. The Bertz CT molecular complexity index is 226. The van der Waals surface area contributed by atoms with Gasteiger partial charge >= 0.3 is 0 Å². The second-order valence-corrected chi connectivity index (χ2v) is 4.82. The zero-order valence-corrected chi connectivity index (χ0v) is 9.03. The van der Waals surface area contributed by atoms with Crippen LogP contribution in [0.25, 0.3) is 0 Å². The summed E-state index contributed by atoms with van der Waals surface area (Å²) in [5.41, 5.74) is 5.70. The monoisotopic (exact) mass is 199 g/mol. The zero-order valence-electron chi connectivity index (χ0n) is 8.21. The van der Waals surface area contributed by atoms with Crippen LogP contribution in [0, 0.1) is 0 Å². The maximum Gasteiger partial charge on any atom is 0.0937 e. The highest BCUT2D eigenvalue weighted by molar-refractivity contribution is 7.09. The van der Waals surface area contributed by atoms with E-state index in [0.29, 0.717) is 0 Å². The summed E-state index contributed by atoms with van der Waals surface area (Å²) >= 11 is 1.70. The van der Waals surface area contributed by atoms with Crippen molar-refractivity contribution in [2.24, 2.45) is 5.73 Å². The molecule has 0 spiro atoms. The van der Waals surface area contributed by atoms with Gasteiger partial charge in [0.25, 0.3) is 0 Å². The van der Waals surface area contributed by atoms with E-state index in [1.807, 2.05) is 25.4 Å². The first kappa shape index (κ1) is 10.6. The standard InChI is InChI=1S/C9H17N3S/c1-9(2,10)7-11-4-3-8-12-5-6-13-8/h5-6,11H,3-4,7,10H2,1-2H3. The van der Waals surface area contributed by atoms with E-state index in [2.05, 4.69) is 10.3 Å². The Morgan fingerprint density at radius 2 is 2.38 bits per heavy atom. The van der Waals surface area contributed by atoms with Gasteiger partial charge in [0.05, 0.1) is 5.01 Å². The molecule has 0 bridgehead atoms. The van der Waals surface area contributed by atoms with E-state index in [1.165, 1.54) is 5.01 Å². The van der Waals surface area contributed by atoms with Crippen LogP contribution in [0.15, 0.2) is 11.6 Å². The van der Waals surface area contributed by atoms with Crippen LogP contribution in [-0.2, 0) is 6.42 Å². The predicted molar refractivity (Wildman–Crippen MR) is 57.0 cm³/mol. The molecule has 0 saturated carbocycles. The Morgan fingerprint density at radius 3 is 2.92 bits per heavy atom. The number of nitrogens with zero attached hydrogens (tertiary/aromatic N) is 1. The summed E-state index contributed by atoms with van der Waals surface area (Å²) in [6.07, 6.45) is 2.83. The summed E-state index contributed by atoms with van der Waals surface area (Å²) in [6, 6.07) is 0. The molecule has 0 radical (unpaired) electrons. The van der Waals surface area contributed by atoms with Gasteiger partial charge in [0.1, 0.15) is 0 Å². The van der Waals surface area contributed by atoms with Crippen LogP contribution in [-0.4, -0.2) is 23.6 Å². The molecule has 3 N–H and O–H groups in total. The molecule has 4 heteroatoms. The van der Waals surface area contributed by atoms with Crippen LogP contribution in [0.2, 0.25) is 0 Å². The Labute approximate surface area is 83.4 Å². The minimum absolute atomic E-state index is 0.122. The molecule has 1 heterocycles. The molecule has 0 aliphatic rings. The third-order valence-electron chi connectivity index (χ3n) is 1.58. The van der Waals surface area contributed by atoms with Crippen LogP contribution >= 0.6 is 11.3 Å². The van der Waals surface area contributed by atoms with Crippen molar-refractivity contribution < 1.29 is 0 Å². The highest BCUT2D eigenvalue weighted by Crippen LogP contribution is 2.03. The minimum atomic E-state index is -0.122. The lowest BCUT2D eigenvalue weighted by atomic mass is 10.1. The zero-order chi connectivity index (χ0) is 9.73. The molecule has 0 fully saturated rings. The summed E-state index contributed by atoms with van der Waals surface area (Å²) in [4.78, 5) is 4.20. The van der Waals surface area contributed by atoms with Crippen molar-refractivity contribution in [3.05, 3.63) is 16.6 Å². The summed E-state index contributed by atoms with van der Waals surface area (Å²) in [6.45, 7) is 5.83. The lowest BCUT2D eigenvalue weighted by Gasteiger charge is -2.18. The van der Waals surface area contributed by atoms with Gasteiger partial charge in [0.2, 0.25) is 0 Å². The van der Waals surface area contributed by atoms with E-state index in [4.69, 9.17) is 5.73 Å². The average molecular weight is 199 g/mol. The number of thiazole rings is 1. The van der Waals surface area contributed by atoms with Crippen molar-refractivity contribution in [1.29, 1.82) is 0 Å². The van der Waals surface area contributed by atoms with Crippen molar-refractivity contribution in [1.82, 2.24) is 10.3 Å². The third kappa shape index (κ3) is 4.98. The fourth-order valence-electron chi connectivity index (χ4n) is 0.982. The molecule has 1 aromatic heterocycles. The molecule has 0 aliphatic carbocycles. The topological polar surface area (TPSA) is 50.9 Å². The van der Waals surface area contributed by atoms with E-state index in [1.54, 1.807) is 11.3 Å². The molecule has 13 heavy (non-hydrogen) atoms. The van der Waals surface area contributed by atoms with Gasteiger partial charge in [-0.15, -0.1) is 11.3 Å². The molecule has 0 saturated heterocycles. The first-order chi connectivity index (χ1) is 6.08. The van der Waals surface area contributed by atoms with Crippen LogP contribution in [0.4, 0.5) is 0 Å². The lowest BCUT2D eigenvalue weighted by molar-refractivity contribution is 0.469. The largest absolute Gasteiger partial charge is 0.324 e. The molecular weight excluding hydrogens is 182 g/mol. The molecule has 0 aliphatic heterocycles. The summed E-state index contributed by atoms with van der Waals surface area (Å²) < 4.78 is 0. The summed E-state index contributed by atoms with van der Waals surface area (Å²) in [5, 5.41) is 6.49. The van der Waals surface area contributed by atoms with Crippen molar-refractivity contribution in [3.63, 3.8) is 0 Å².